The Bertz CT molecular complexity index is 1070. The zero-order valence-electron chi connectivity index (χ0n) is 19.1. The van der Waals surface area contributed by atoms with Crippen LogP contribution in [0.5, 0.6) is 0 Å². The van der Waals surface area contributed by atoms with E-state index in [0.717, 1.165) is 17.0 Å². The molecule has 0 bridgehead atoms. The molecule has 31 heavy (non-hydrogen) atoms. The van der Waals surface area contributed by atoms with Crippen molar-refractivity contribution in [1.82, 2.24) is 9.97 Å². The van der Waals surface area contributed by atoms with E-state index in [4.69, 9.17) is 0 Å². The molecule has 2 aromatic heterocycles. The SMILES string of the molecule is Cc1cc[c-]c(-c2cc(C)c(C)cn2)c1.Cc1cccc(-c2cc(C)c(C)cn2)c1.[Ir]. The minimum absolute atomic E-state index is 0. The summed E-state index contributed by atoms with van der Waals surface area (Å²) in [4.78, 5) is 8.87. The summed E-state index contributed by atoms with van der Waals surface area (Å²) in [7, 11) is 0. The molecule has 0 saturated carbocycles. The number of nitrogens with zero attached hydrogens (tertiary/aromatic N) is 2. The van der Waals surface area contributed by atoms with Gasteiger partial charge < -0.3 is 4.98 Å². The molecule has 3 heteroatoms. The minimum atomic E-state index is 0. The number of aryl methyl sites for hydroxylation is 6. The van der Waals surface area contributed by atoms with E-state index < -0.39 is 0 Å². The van der Waals surface area contributed by atoms with Crippen LogP contribution in [0.1, 0.15) is 33.4 Å². The Morgan fingerprint density at radius 2 is 1.19 bits per heavy atom. The molecule has 0 aliphatic carbocycles. The maximum Gasteiger partial charge on any atom is 0.0704 e. The normalized spacial score (nSPS) is 10.0. The molecule has 0 saturated heterocycles. The van der Waals surface area contributed by atoms with Gasteiger partial charge in [0.1, 0.15) is 0 Å². The zero-order chi connectivity index (χ0) is 21.7. The summed E-state index contributed by atoms with van der Waals surface area (Å²) >= 11 is 0. The predicted octanol–water partition coefficient (Wildman–Crippen LogP) is 7.15. The van der Waals surface area contributed by atoms with Gasteiger partial charge in [-0.2, -0.15) is 0 Å². The second-order valence-electron chi connectivity index (χ2n) is 7.96. The van der Waals surface area contributed by atoms with Crippen molar-refractivity contribution in [2.45, 2.75) is 41.5 Å². The minimum Gasteiger partial charge on any atom is -0.304 e. The number of hydrogen-bond acceptors (Lipinski definition) is 2. The van der Waals surface area contributed by atoms with Crippen LogP contribution < -0.4 is 0 Å². The van der Waals surface area contributed by atoms with Crippen molar-refractivity contribution in [3.63, 3.8) is 0 Å². The molecule has 2 heterocycles. The van der Waals surface area contributed by atoms with Crippen LogP contribution in [0.2, 0.25) is 0 Å². The fraction of sp³-hybridized carbons (Fsp3) is 0.214. The van der Waals surface area contributed by atoms with Crippen molar-refractivity contribution < 1.29 is 20.1 Å². The van der Waals surface area contributed by atoms with E-state index in [9.17, 15) is 0 Å². The Labute approximate surface area is 200 Å². The first-order valence-corrected chi connectivity index (χ1v) is 10.3. The fourth-order valence-electron chi connectivity index (χ4n) is 3.09. The molecule has 1 radical (unpaired) electrons. The molecule has 0 spiro atoms. The molecule has 161 valence electrons. The van der Waals surface area contributed by atoms with Crippen LogP contribution in [-0.2, 0) is 20.1 Å². The smallest absolute Gasteiger partial charge is 0.0704 e. The van der Waals surface area contributed by atoms with Gasteiger partial charge in [-0.1, -0.05) is 42.3 Å². The average Bonchev–Trinajstić information content (AvgIpc) is 2.72. The number of pyridine rings is 2. The Hall–Kier alpha value is -2.61. The topological polar surface area (TPSA) is 25.8 Å². The molecule has 2 aromatic carbocycles. The van der Waals surface area contributed by atoms with Crippen LogP contribution in [0.25, 0.3) is 22.5 Å². The monoisotopic (exact) mass is 586 g/mol. The van der Waals surface area contributed by atoms with E-state index in [2.05, 4.69) is 100 Å². The summed E-state index contributed by atoms with van der Waals surface area (Å²) in [5, 5.41) is 0. The van der Waals surface area contributed by atoms with Crippen LogP contribution >= 0.6 is 0 Å². The third kappa shape index (κ3) is 6.69. The van der Waals surface area contributed by atoms with Crippen molar-refractivity contribution in [3.8, 4) is 22.5 Å². The van der Waals surface area contributed by atoms with E-state index in [1.54, 1.807) is 0 Å². The Morgan fingerprint density at radius 3 is 1.77 bits per heavy atom. The molecule has 0 atom stereocenters. The standard InChI is InChI=1S/C14H15N.C14H14N.Ir/c2*1-10-5-4-6-13(7-10)14-8-11(2)12(3)9-15-14;/h4-9H,1-3H3;4-5,7-9H,1-3H3;/q;-1;. The molecular formula is C28H29IrN2-. The Balaban J connectivity index is 0.000000213. The molecular weight excluding hydrogens is 557 g/mol. The van der Waals surface area contributed by atoms with Gasteiger partial charge in [0, 0.05) is 38.1 Å². The second-order valence-corrected chi connectivity index (χ2v) is 7.96. The molecule has 0 aliphatic rings. The van der Waals surface area contributed by atoms with Crippen LogP contribution in [0, 0.1) is 47.6 Å². The van der Waals surface area contributed by atoms with Crippen LogP contribution in [0.15, 0.2) is 67.0 Å². The maximum atomic E-state index is 4.45. The van der Waals surface area contributed by atoms with Gasteiger partial charge in [0.15, 0.2) is 0 Å². The Morgan fingerprint density at radius 1 is 0.613 bits per heavy atom. The van der Waals surface area contributed by atoms with Crippen molar-refractivity contribution in [1.29, 1.82) is 0 Å². The van der Waals surface area contributed by atoms with Crippen molar-refractivity contribution in [2.24, 2.45) is 0 Å². The molecule has 0 amide bonds. The fourth-order valence-corrected chi connectivity index (χ4v) is 3.09. The summed E-state index contributed by atoms with van der Waals surface area (Å²) < 4.78 is 0. The molecule has 4 aromatic rings. The summed E-state index contributed by atoms with van der Waals surface area (Å²) in [6.45, 7) is 12.6. The van der Waals surface area contributed by atoms with Gasteiger partial charge in [-0.3, -0.25) is 4.98 Å². The second kappa shape index (κ2) is 11.1. The third-order valence-corrected chi connectivity index (χ3v) is 5.29. The quantitative estimate of drug-likeness (QED) is 0.234. The van der Waals surface area contributed by atoms with E-state index in [0.29, 0.717) is 0 Å². The first kappa shape index (κ1) is 24.7. The first-order chi connectivity index (χ1) is 14.3. The molecule has 2 nitrogen and oxygen atoms in total. The van der Waals surface area contributed by atoms with Gasteiger partial charge in [0.05, 0.1) is 5.69 Å². The largest absolute Gasteiger partial charge is 0.304 e. The van der Waals surface area contributed by atoms with Crippen molar-refractivity contribution in [3.05, 3.63) is 106 Å². The van der Waals surface area contributed by atoms with Gasteiger partial charge in [0.2, 0.25) is 0 Å². The summed E-state index contributed by atoms with van der Waals surface area (Å²) in [5.74, 6) is 0. The van der Waals surface area contributed by atoms with Gasteiger partial charge in [-0.15, -0.1) is 35.4 Å². The zero-order valence-corrected chi connectivity index (χ0v) is 21.5. The first-order valence-electron chi connectivity index (χ1n) is 10.3. The molecule has 0 aliphatic heterocycles. The van der Waals surface area contributed by atoms with E-state index in [1.165, 1.54) is 38.9 Å². The van der Waals surface area contributed by atoms with E-state index in [1.807, 2.05) is 24.5 Å². The van der Waals surface area contributed by atoms with E-state index in [-0.39, 0.29) is 20.1 Å². The predicted molar refractivity (Wildman–Crippen MR) is 127 cm³/mol. The molecule has 0 fully saturated rings. The summed E-state index contributed by atoms with van der Waals surface area (Å²) in [6, 6.07) is 22.0. The summed E-state index contributed by atoms with van der Waals surface area (Å²) in [6.07, 6.45) is 3.86. The average molecular weight is 586 g/mol. The maximum absolute atomic E-state index is 4.45. The van der Waals surface area contributed by atoms with Gasteiger partial charge >= 0.3 is 0 Å². The van der Waals surface area contributed by atoms with E-state index >= 15 is 0 Å². The van der Waals surface area contributed by atoms with Gasteiger partial charge in [-0.05, 0) is 69.1 Å². The molecule has 0 unspecified atom stereocenters. The van der Waals surface area contributed by atoms with Gasteiger partial charge in [-0.25, -0.2) is 0 Å². The summed E-state index contributed by atoms with van der Waals surface area (Å²) in [5.41, 5.74) is 11.9. The number of rotatable bonds is 2. The third-order valence-electron chi connectivity index (χ3n) is 5.29. The number of aromatic nitrogens is 2. The van der Waals surface area contributed by atoms with Crippen LogP contribution in [-0.4, -0.2) is 9.97 Å². The Kier molecular flexibility index (Phi) is 8.86. The number of benzene rings is 2. The van der Waals surface area contributed by atoms with Crippen molar-refractivity contribution in [2.75, 3.05) is 0 Å². The van der Waals surface area contributed by atoms with Crippen LogP contribution in [0.3, 0.4) is 0 Å². The number of hydrogen-bond donors (Lipinski definition) is 0. The van der Waals surface area contributed by atoms with Crippen molar-refractivity contribution >= 4 is 0 Å². The van der Waals surface area contributed by atoms with Crippen LogP contribution in [0.4, 0.5) is 0 Å². The molecule has 0 N–H and O–H groups in total. The molecule has 4 rings (SSSR count). The van der Waals surface area contributed by atoms with Gasteiger partial charge in [0.25, 0.3) is 0 Å².